The third-order valence-corrected chi connectivity index (χ3v) is 9.29. The molecule has 1 N–H and O–H groups in total. The maximum atomic E-state index is 13.6. The Labute approximate surface area is 285 Å². The molecule has 0 saturated carbocycles. The van der Waals surface area contributed by atoms with E-state index in [1.807, 2.05) is 60.7 Å². The van der Waals surface area contributed by atoms with Crippen LogP contribution in [-0.2, 0) is 40.2 Å². The molecule has 1 aliphatic heterocycles. The Kier molecular flexibility index (Phi) is 13.8. The van der Waals surface area contributed by atoms with Gasteiger partial charge in [-0.2, -0.15) is 0 Å². The van der Waals surface area contributed by atoms with Crippen molar-refractivity contribution in [3.63, 3.8) is 0 Å². The van der Waals surface area contributed by atoms with Gasteiger partial charge in [0.25, 0.3) is 0 Å². The molecule has 0 aliphatic carbocycles. The summed E-state index contributed by atoms with van der Waals surface area (Å²) in [5.74, 6) is -1.03. The molecule has 1 saturated heterocycles. The lowest BCUT2D eigenvalue weighted by molar-refractivity contribution is -0.149. The average molecular weight is 648 g/mol. The van der Waals surface area contributed by atoms with Crippen LogP contribution in [0.3, 0.4) is 0 Å². The van der Waals surface area contributed by atoms with Gasteiger partial charge >= 0.3 is 11.9 Å². The number of carbonyl (C=O) groups excluding carboxylic acids is 1. The van der Waals surface area contributed by atoms with E-state index in [4.69, 9.17) is 4.74 Å². The van der Waals surface area contributed by atoms with Crippen molar-refractivity contribution < 1.29 is 19.4 Å². The number of aliphatic carboxylic acids is 1. The van der Waals surface area contributed by atoms with E-state index in [9.17, 15) is 14.7 Å². The molecule has 1 fully saturated rings. The molecule has 0 amide bonds. The van der Waals surface area contributed by atoms with Crippen molar-refractivity contribution in [3.8, 4) is 0 Å². The molecule has 0 aromatic heterocycles. The molecule has 0 spiro atoms. The van der Waals surface area contributed by atoms with Gasteiger partial charge in [0.2, 0.25) is 0 Å². The molecule has 5 rings (SSSR count). The smallest absolute Gasteiger partial charge is 0.320 e. The third-order valence-electron chi connectivity index (χ3n) is 9.29. The van der Waals surface area contributed by atoms with Gasteiger partial charge in [0.1, 0.15) is 6.61 Å². The van der Waals surface area contributed by atoms with Crippen molar-refractivity contribution in [2.45, 2.75) is 44.9 Å². The van der Waals surface area contributed by atoms with Crippen LogP contribution in [0.15, 0.2) is 121 Å². The van der Waals surface area contributed by atoms with E-state index in [0.717, 1.165) is 57.5 Å². The average Bonchev–Trinajstić information content (AvgIpc) is 3.30. The van der Waals surface area contributed by atoms with Crippen LogP contribution < -0.4 is 0 Å². The lowest BCUT2D eigenvalue weighted by Gasteiger charge is -2.42. The molecule has 1 heterocycles. The lowest BCUT2D eigenvalue weighted by atomic mass is 9.96. The summed E-state index contributed by atoms with van der Waals surface area (Å²) in [5.41, 5.74) is 4.72. The van der Waals surface area contributed by atoms with E-state index >= 15 is 0 Å². The molecule has 2 atom stereocenters. The van der Waals surface area contributed by atoms with E-state index in [1.54, 1.807) is 0 Å². The molecule has 4 aromatic carbocycles. The quantitative estimate of drug-likeness (QED) is 0.137. The summed E-state index contributed by atoms with van der Waals surface area (Å²) in [6, 6.07) is 41.2. The molecule has 252 valence electrons. The Morgan fingerprint density at radius 2 is 1.21 bits per heavy atom. The van der Waals surface area contributed by atoms with Crippen molar-refractivity contribution in [1.82, 2.24) is 14.7 Å². The SMILES string of the molecule is O=C(O)CCC1CN(CCc2ccccc2)CCN(CCc2ccccc2)C1N(CCc1ccccc1)CC(=O)OCc1ccccc1. The zero-order chi connectivity index (χ0) is 33.4. The monoisotopic (exact) mass is 647 g/mol. The van der Waals surface area contributed by atoms with Gasteiger partial charge in [-0.3, -0.25) is 19.4 Å². The first-order chi connectivity index (χ1) is 23.5. The topological polar surface area (TPSA) is 73.3 Å². The van der Waals surface area contributed by atoms with Crippen molar-refractivity contribution in [3.05, 3.63) is 144 Å². The number of hydrogen-bond acceptors (Lipinski definition) is 6. The summed E-state index contributed by atoms with van der Waals surface area (Å²) in [4.78, 5) is 32.8. The van der Waals surface area contributed by atoms with Crippen LogP contribution in [-0.4, -0.2) is 83.7 Å². The molecule has 0 radical (unpaired) electrons. The predicted molar refractivity (Wildman–Crippen MR) is 190 cm³/mol. The van der Waals surface area contributed by atoms with Crippen molar-refractivity contribution in [1.29, 1.82) is 0 Å². The van der Waals surface area contributed by atoms with Crippen LogP contribution in [0, 0.1) is 5.92 Å². The number of benzene rings is 4. The van der Waals surface area contributed by atoms with Crippen molar-refractivity contribution in [2.24, 2.45) is 5.92 Å². The normalized spacial score (nSPS) is 17.2. The van der Waals surface area contributed by atoms with Crippen molar-refractivity contribution in [2.75, 3.05) is 45.8 Å². The van der Waals surface area contributed by atoms with Crippen LogP contribution in [0.2, 0.25) is 0 Å². The molecule has 7 nitrogen and oxygen atoms in total. The fraction of sp³-hybridized carbons (Fsp3) is 0.366. The van der Waals surface area contributed by atoms with Gasteiger partial charge in [-0.25, -0.2) is 0 Å². The summed E-state index contributed by atoms with van der Waals surface area (Å²) in [7, 11) is 0. The Morgan fingerprint density at radius 3 is 1.77 bits per heavy atom. The van der Waals surface area contributed by atoms with E-state index in [2.05, 4.69) is 75.4 Å². The van der Waals surface area contributed by atoms with Crippen LogP contribution in [0.5, 0.6) is 0 Å². The van der Waals surface area contributed by atoms with E-state index < -0.39 is 5.97 Å². The Bertz CT molecular complexity index is 1500. The maximum Gasteiger partial charge on any atom is 0.320 e. The second kappa shape index (κ2) is 18.9. The van der Waals surface area contributed by atoms with Gasteiger partial charge in [-0.15, -0.1) is 0 Å². The van der Waals surface area contributed by atoms with Gasteiger partial charge in [-0.1, -0.05) is 121 Å². The summed E-state index contributed by atoms with van der Waals surface area (Å²) >= 11 is 0. The van der Waals surface area contributed by atoms with Crippen molar-refractivity contribution >= 4 is 11.9 Å². The van der Waals surface area contributed by atoms with Gasteiger partial charge < -0.3 is 14.7 Å². The number of carbonyl (C=O) groups is 2. The minimum Gasteiger partial charge on any atom is -0.481 e. The molecule has 48 heavy (non-hydrogen) atoms. The number of hydrogen-bond donors (Lipinski definition) is 1. The second-order valence-corrected chi connectivity index (χ2v) is 12.8. The second-order valence-electron chi connectivity index (χ2n) is 12.8. The Morgan fingerprint density at radius 1 is 0.688 bits per heavy atom. The summed E-state index contributed by atoms with van der Waals surface area (Å²) < 4.78 is 5.84. The minimum absolute atomic E-state index is 0.0212. The molecular weight excluding hydrogens is 598 g/mol. The highest BCUT2D eigenvalue weighted by Crippen LogP contribution is 2.27. The zero-order valence-corrected chi connectivity index (χ0v) is 27.9. The first-order valence-corrected chi connectivity index (χ1v) is 17.3. The summed E-state index contributed by atoms with van der Waals surface area (Å²) in [5, 5.41) is 9.84. The molecule has 0 bridgehead atoms. The van der Waals surface area contributed by atoms with Gasteiger partial charge in [0, 0.05) is 51.6 Å². The minimum atomic E-state index is -0.789. The standard InChI is InChI=1S/C41H49N3O4/c45-39(46)22-21-38-31-42(26-23-34-13-5-1-6-14-34)29-30-43(27-24-35-15-7-2-8-16-35)41(38)44(28-25-36-17-9-3-10-18-36)32-40(47)48-33-37-19-11-4-12-20-37/h1-20,38,41H,21-33H2,(H,45,46). The van der Waals surface area contributed by atoms with Crippen LogP contribution >= 0.6 is 0 Å². The third kappa shape index (κ3) is 11.4. The number of ether oxygens (including phenoxy) is 1. The van der Waals surface area contributed by atoms with Gasteiger partial charge in [0.15, 0.2) is 0 Å². The first-order valence-electron chi connectivity index (χ1n) is 17.3. The number of nitrogens with zero attached hydrogens (tertiary/aromatic N) is 3. The highest BCUT2D eigenvalue weighted by molar-refractivity contribution is 5.71. The number of carboxylic acid groups (broad SMARTS) is 1. The maximum absolute atomic E-state index is 13.6. The number of rotatable bonds is 17. The number of carboxylic acids is 1. The summed E-state index contributed by atoms with van der Waals surface area (Å²) in [6.45, 7) is 5.22. The van der Waals surface area contributed by atoms with E-state index in [1.165, 1.54) is 16.7 Å². The van der Waals surface area contributed by atoms with Crippen LogP contribution in [0.1, 0.15) is 35.1 Å². The molecular formula is C41H49N3O4. The Balaban J connectivity index is 1.42. The Hall–Kier alpha value is -4.30. The largest absolute Gasteiger partial charge is 0.481 e. The van der Waals surface area contributed by atoms with E-state index in [0.29, 0.717) is 13.0 Å². The summed E-state index contributed by atoms with van der Waals surface area (Å²) in [6.07, 6.45) is 3.08. The number of esters is 1. The molecule has 4 aromatic rings. The molecule has 2 unspecified atom stereocenters. The fourth-order valence-corrected chi connectivity index (χ4v) is 6.76. The van der Waals surface area contributed by atoms with E-state index in [-0.39, 0.29) is 37.6 Å². The first kappa shape index (κ1) is 35.0. The lowest BCUT2D eigenvalue weighted by Crippen LogP contribution is -2.55. The molecule has 1 aliphatic rings. The van der Waals surface area contributed by atoms with Crippen LogP contribution in [0.4, 0.5) is 0 Å². The van der Waals surface area contributed by atoms with Gasteiger partial charge in [0.05, 0.1) is 12.7 Å². The highest BCUT2D eigenvalue weighted by Gasteiger charge is 2.37. The van der Waals surface area contributed by atoms with Gasteiger partial charge in [-0.05, 0) is 47.9 Å². The molecule has 7 heteroatoms. The zero-order valence-electron chi connectivity index (χ0n) is 27.9. The fourth-order valence-electron chi connectivity index (χ4n) is 6.76. The highest BCUT2D eigenvalue weighted by atomic mass is 16.5. The van der Waals surface area contributed by atoms with Crippen LogP contribution in [0.25, 0.3) is 0 Å². The predicted octanol–water partition coefficient (Wildman–Crippen LogP) is 6.18.